The molecule has 4 nitrogen and oxygen atoms in total. The molecule has 98 valence electrons. The zero-order valence-corrected chi connectivity index (χ0v) is 10.8. The number of amides is 1. The molecule has 0 saturated carbocycles. The molecule has 0 radical (unpaired) electrons. The number of carbonyl (C=O) groups excluding carboxylic acids is 2. The average Bonchev–Trinajstić information content (AvgIpc) is 2.36. The molecule has 0 heterocycles. The maximum Gasteiger partial charge on any atom is 0.223 e. The Morgan fingerprint density at radius 2 is 1.83 bits per heavy atom. The van der Waals surface area contributed by atoms with E-state index in [1.807, 2.05) is 30.3 Å². The van der Waals surface area contributed by atoms with Crippen LogP contribution in [0.5, 0.6) is 0 Å². The fraction of sp³-hybridized carbons (Fsp3) is 0.385. The molecule has 1 N–H and O–H groups in total. The third-order valence-electron chi connectivity index (χ3n) is 2.47. The van der Waals surface area contributed by atoms with Crippen LogP contribution in [0.1, 0.15) is 18.4 Å². The summed E-state index contributed by atoms with van der Waals surface area (Å²) in [4.78, 5) is 24.0. The first-order chi connectivity index (χ1) is 8.63. The topological polar surface area (TPSA) is 57.6 Å². The molecule has 0 aliphatic rings. The largest absolute Gasteiger partial charge is 0.395 e. The third kappa shape index (κ3) is 5.29. The smallest absolute Gasteiger partial charge is 0.223 e. The van der Waals surface area contributed by atoms with Gasteiger partial charge in [-0.15, -0.1) is 0 Å². The summed E-state index contributed by atoms with van der Waals surface area (Å²) in [6.45, 7) is 0.578. The molecule has 0 saturated heterocycles. The van der Waals surface area contributed by atoms with Gasteiger partial charge in [-0.2, -0.15) is 0 Å². The second-order valence-electron chi connectivity index (χ2n) is 3.88. The van der Waals surface area contributed by atoms with Crippen LogP contribution in [0.15, 0.2) is 30.3 Å². The van der Waals surface area contributed by atoms with E-state index in [1.165, 1.54) is 4.90 Å². The second kappa shape index (κ2) is 7.84. The van der Waals surface area contributed by atoms with Gasteiger partial charge in [-0.3, -0.25) is 9.59 Å². The maximum absolute atomic E-state index is 11.8. The van der Waals surface area contributed by atoms with Crippen molar-refractivity contribution < 1.29 is 14.7 Å². The minimum absolute atomic E-state index is 0.0249. The highest BCUT2D eigenvalue weighted by molar-refractivity contribution is 6.63. The van der Waals surface area contributed by atoms with Gasteiger partial charge in [0.05, 0.1) is 6.61 Å². The van der Waals surface area contributed by atoms with Gasteiger partial charge in [-0.25, -0.2) is 0 Å². The minimum atomic E-state index is -0.521. The Morgan fingerprint density at radius 3 is 2.39 bits per heavy atom. The van der Waals surface area contributed by atoms with Gasteiger partial charge >= 0.3 is 0 Å². The summed E-state index contributed by atoms with van der Waals surface area (Å²) in [6, 6.07) is 9.49. The highest BCUT2D eigenvalue weighted by Crippen LogP contribution is 2.07. The van der Waals surface area contributed by atoms with Crippen molar-refractivity contribution in [3.8, 4) is 0 Å². The fourth-order valence-corrected chi connectivity index (χ4v) is 1.67. The predicted octanol–water partition coefficient (Wildman–Crippen LogP) is 1.55. The molecule has 1 aromatic rings. The first-order valence-electron chi connectivity index (χ1n) is 5.74. The van der Waals surface area contributed by atoms with Crippen molar-refractivity contribution in [1.82, 2.24) is 4.90 Å². The van der Waals surface area contributed by atoms with Crippen LogP contribution >= 0.6 is 11.6 Å². The van der Waals surface area contributed by atoms with Crippen LogP contribution in [0.3, 0.4) is 0 Å². The lowest BCUT2D eigenvalue weighted by Crippen LogP contribution is -2.33. The predicted molar refractivity (Wildman–Crippen MR) is 69.0 cm³/mol. The van der Waals surface area contributed by atoms with E-state index in [0.29, 0.717) is 6.54 Å². The SMILES string of the molecule is O=C(Cl)CCC(=O)N(CCO)Cc1ccccc1. The third-order valence-corrected chi connectivity index (χ3v) is 2.66. The van der Waals surface area contributed by atoms with Gasteiger partial charge in [0.15, 0.2) is 0 Å². The van der Waals surface area contributed by atoms with Crippen molar-refractivity contribution in [3.05, 3.63) is 35.9 Å². The minimum Gasteiger partial charge on any atom is -0.395 e. The standard InChI is InChI=1S/C13H16ClNO3/c14-12(17)6-7-13(18)15(8-9-16)10-11-4-2-1-3-5-11/h1-5,16H,6-10H2. The van der Waals surface area contributed by atoms with Crippen LogP contribution in [0, 0.1) is 0 Å². The number of carbonyl (C=O) groups is 2. The van der Waals surface area contributed by atoms with Crippen molar-refractivity contribution in [3.63, 3.8) is 0 Å². The molecule has 0 bridgehead atoms. The van der Waals surface area contributed by atoms with Gasteiger partial charge in [-0.05, 0) is 17.2 Å². The van der Waals surface area contributed by atoms with Gasteiger partial charge in [-0.1, -0.05) is 30.3 Å². The summed E-state index contributed by atoms with van der Waals surface area (Å²) < 4.78 is 0. The molecule has 0 spiro atoms. The van der Waals surface area contributed by atoms with Crippen LogP contribution in [-0.4, -0.2) is 34.3 Å². The normalized spacial score (nSPS) is 10.1. The zero-order chi connectivity index (χ0) is 13.4. The molecule has 1 amide bonds. The molecule has 0 aliphatic carbocycles. The number of rotatable bonds is 7. The molecule has 1 rings (SSSR count). The molecule has 0 unspecified atom stereocenters. The average molecular weight is 270 g/mol. The van der Waals surface area contributed by atoms with Crippen molar-refractivity contribution >= 4 is 22.8 Å². The van der Waals surface area contributed by atoms with E-state index in [4.69, 9.17) is 16.7 Å². The second-order valence-corrected chi connectivity index (χ2v) is 4.30. The molecule has 5 heteroatoms. The first-order valence-corrected chi connectivity index (χ1v) is 6.12. The van der Waals surface area contributed by atoms with Crippen LogP contribution < -0.4 is 0 Å². The van der Waals surface area contributed by atoms with Gasteiger partial charge in [0.25, 0.3) is 0 Å². The Kier molecular flexibility index (Phi) is 6.39. The van der Waals surface area contributed by atoms with E-state index in [2.05, 4.69) is 0 Å². The Hall–Kier alpha value is -1.39. The Labute approximate surface area is 111 Å². The monoisotopic (exact) mass is 269 g/mol. The zero-order valence-electron chi connectivity index (χ0n) is 10.0. The number of nitrogens with zero attached hydrogens (tertiary/aromatic N) is 1. The summed E-state index contributed by atoms with van der Waals surface area (Å²) in [7, 11) is 0. The summed E-state index contributed by atoms with van der Waals surface area (Å²) in [5.74, 6) is -0.179. The number of benzene rings is 1. The van der Waals surface area contributed by atoms with Gasteiger partial charge in [0.1, 0.15) is 0 Å². The van der Waals surface area contributed by atoms with Gasteiger partial charge < -0.3 is 10.0 Å². The number of hydrogen-bond acceptors (Lipinski definition) is 3. The van der Waals surface area contributed by atoms with E-state index in [9.17, 15) is 9.59 Å². The molecule has 0 fully saturated rings. The summed E-state index contributed by atoms with van der Waals surface area (Å²) >= 11 is 5.20. The summed E-state index contributed by atoms with van der Waals surface area (Å²) in [6.07, 6.45) is 0.103. The lowest BCUT2D eigenvalue weighted by Gasteiger charge is -2.21. The highest BCUT2D eigenvalue weighted by Gasteiger charge is 2.14. The summed E-state index contributed by atoms with van der Waals surface area (Å²) in [5, 5.41) is 8.43. The van der Waals surface area contributed by atoms with E-state index in [1.54, 1.807) is 0 Å². The summed E-state index contributed by atoms with van der Waals surface area (Å²) in [5.41, 5.74) is 0.983. The Bertz CT molecular complexity index is 394. The van der Waals surface area contributed by atoms with Crippen LogP contribution in [0.4, 0.5) is 0 Å². The van der Waals surface area contributed by atoms with Gasteiger partial charge in [0.2, 0.25) is 11.1 Å². The van der Waals surface area contributed by atoms with Crippen LogP contribution in [0.2, 0.25) is 0 Å². The maximum atomic E-state index is 11.8. The molecule has 0 aliphatic heterocycles. The van der Waals surface area contributed by atoms with E-state index in [-0.39, 0.29) is 31.9 Å². The molecule has 0 atom stereocenters. The van der Waals surface area contributed by atoms with Crippen molar-refractivity contribution in [1.29, 1.82) is 0 Å². The number of aliphatic hydroxyl groups is 1. The van der Waals surface area contributed by atoms with Crippen molar-refractivity contribution in [2.75, 3.05) is 13.2 Å². The molecule has 18 heavy (non-hydrogen) atoms. The number of halogens is 1. The number of aliphatic hydroxyl groups excluding tert-OH is 1. The van der Waals surface area contributed by atoms with Crippen LogP contribution in [0.25, 0.3) is 0 Å². The van der Waals surface area contributed by atoms with E-state index >= 15 is 0 Å². The van der Waals surface area contributed by atoms with Crippen molar-refractivity contribution in [2.24, 2.45) is 0 Å². The quantitative estimate of drug-likeness (QED) is 0.764. The first kappa shape index (κ1) is 14.7. The Morgan fingerprint density at radius 1 is 1.17 bits per heavy atom. The highest BCUT2D eigenvalue weighted by atomic mass is 35.5. The van der Waals surface area contributed by atoms with E-state index < -0.39 is 5.24 Å². The fourth-order valence-electron chi connectivity index (χ4n) is 1.58. The van der Waals surface area contributed by atoms with Crippen LogP contribution in [-0.2, 0) is 16.1 Å². The lowest BCUT2D eigenvalue weighted by molar-refractivity contribution is -0.133. The molecular formula is C13H16ClNO3. The number of hydrogen-bond donors (Lipinski definition) is 1. The molecule has 1 aromatic carbocycles. The molecular weight excluding hydrogens is 254 g/mol. The lowest BCUT2D eigenvalue weighted by atomic mass is 10.2. The van der Waals surface area contributed by atoms with E-state index in [0.717, 1.165) is 5.56 Å². The van der Waals surface area contributed by atoms with Gasteiger partial charge in [0, 0.05) is 25.9 Å². The van der Waals surface area contributed by atoms with Crippen molar-refractivity contribution in [2.45, 2.75) is 19.4 Å². The Balaban J connectivity index is 2.58. The molecule has 0 aromatic heterocycles.